The van der Waals surface area contributed by atoms with Crippen LogP contribution in [0.1, 0.15) is 33.6 Å². The summed E-state index contributed by atoms with van der Waals surface area (Å²) in [6.45, 7) is 6.83. The van der Waals surface area contributed by atoms with Crippen molar-refractivity contribution in [3.05, 3.63) is 0 Å². The largest absolute Gasteiger partial charge is 0.414 e. The topological polar surface area (TPSA) is 9.23 Å². The quantitative estimate of drug-likeness (QED) is 0.581. The predicted octanol–water partition coefficient (Wildman–Crippen LogP) is 3.17. The SMILES string of the molecule is CC[Si]1(CC)CCCC(C)O1. The molecule has 0 aromatic heterocycles. The molecular formula is C9H20OSi. The van der Waals surface area contributed by atoms with E-state index >= 15 is 0 Å². The Bertz CT molecular complexity index is 121. The summed E-state index contributed by atoms with van der Waals surface area (Å²) in [7, 11) is -1.19. The van der Waals surface area contributed by atoms with Gasteiger partial charge in [0.2, 0.25) is 0 Å². The first-order valence-electron chi connectivity index (χ1n) is 4.90. The Hall–Kier alpha value is 0.177. The molecule has 1 aliphatic heterocycles. The van der Waals surface area contributed by atoms with Gasteiger partial charge in [-0.05, 0) is 31.5 Å². The van der Waals surface area contributed by atoms with Crippen LogP contribution in [0, 0.1) is 0 Å². The van der Waals surface area contributed by atoms with E-state index in [2.05, 4.69) is 20.8 Å². The standard InChI is InChI=1S/C9H20OSi/c1-4-11(5-2)8-6-7-9(3)10-11/h9H,4-8H2,1-3H3. The Kier molecular flexibility index (Phi) is 3.13. The molecular weight excluding hydrogens is 152 g/mol. The van der Waals surface area contributed by atoms with Crippen LogP contribution in [0.5, 0.6) is 0 Å². The zero-order valence-corrected chi connectivity index (χ0v) is 9.02. The summed E-state index contributed by atoms with van der Waals surface area (Å²) in [4.78, 5) is 0. The van der Waals surface area contributed by atoms with Gasteiger partial charge in [-0.15, -0.1) is 0 Å². The maximum atomic E-state index is 6.11. The summed E-state index contributed by atoms with van der Waals surface area (Å²) < 4.78 is 6.11. The zero-order chi connectivity index (χ0) is 8.32. The van der Waals surface area contributed by atoms with Crippen molar-refractivity contribution < 1.29 is 4.43 Å². The molecule has 0 radical (unpaired) electrons. The molecule has 1 fully saturated rings. The number of rotatable bonds is 2. The lowest BCUT2D eigenvalue weighted by molar-refractivity contribution is 0.173. The minimum atomic E-state index is -1.19. The Balaban J connectivity index is 2.52. The van der Waals surface area contributed by atoms with Crippen molar-refractivity contribution in [2.75, 3.05) is 0 Å². The fourth-order valence-electron chi connectivity index (χ4n) is 2.03. The van der Waals surface area contributed by atoms with E-state index in [1.165, 1.54) is 31.0 Å². The molecule has 1 heterocycles. The van der Waals surface area contributed by atoms with E-state index in [4.69, 9.17) is 4.43 Å². The van der Waals surface area contributed by atoms with Gasteiger partial charge in [0.05, 0.1) is 0 Å². The lowest BCUT2D eigenvalue weighted by Crippen LogP contribution is -2.42. The first-order valence-corrected chi connectivity index (χ1v) is 7.43. The van der Waals surface area contributed by atoms with E-state index in [1.54, 1.807) is 0 Å². The molecule has 0 aliphatic carbocycles. The summed E-state index contributed by atoms with van der Waals surface area (Å²) in [5.74, 6) is 0. The van der Waals surface area contributed by atoms with E-state index in [1.807, 2.05) is 0 Å². The predicted molar refractivity (Wildman–Crippen MR) is 51.3 cm³/mol. The Labute approximate surface area is 71.3 Å². The van der Waals surface area contributed by atoms with Gasteiger partial charge in [-0.25, -0.2) is 0 Å². The van der Waals surface area contributed by atoms with Gasteiger partial charge in [0, 0.05) is 6.10 Å². The monoisotopic (exact) mass is 172 g/mol. The molecule has 1 saturated heterocycles. The average molecular weight is 172 g/mol. The second kappa shape index (κ2) is 3.72. The summed E-state index contributed by atoms with van der Waals surface area (Å²) in [6.07, 6.45) is 3.25. The van der Waals surface area contributed by atoms with Gasteiger partial charge < -0.3 is 4.43 Å². The van der Waals surface area contributed by atoms with Gasteiger partial charge in [-0.1, -0.05) is 20.3 Å². The van der Waals surface area contributed by atoms with Gasteiger partial charge in [-0.3, -0.25) is 0 Å². The van der Waals surface area contributed by atoms with Crippen LogP contribution in [0.15, 0.2) is 0 Å². The van der Waals surface area contributed by atoms with Crippen LogP contribution in [-0.2, 0) is 4.43 Å². The van der Waals surface area contributed by atoms with Crippen LogP contribution in [0.2, 0.25) is 18.1 Å². The van der Waals surface area contributed by atoms with E-state index in [-0.39, 0.29) is 0 Å². The highest BCUT2D eigenvalue weighted by Gasteiger charge is 2.35. The van der Waals surface area contributed by atoms with Crippen molar-refractivity contribution in [3.8, 4) is 0 Å². The fourth-order valence-corrected chi connectivity index (χ4v) is 5.50. The fraction of sp³-hybridized carbons (Fsp3) is 1.00. The summed E-state index contributed by atoms with van der Waals surface area (Å²) in [5.41, 5.74) is 0. The van der Waals surface area contributed by atoms with Crippen LogP contribution in [0.4, 0.5) is 0 Å². The Morgan fingerprint density at radius 3 is 2.36 bits per heavy atom. The smallest absolute Gasteiger partial charge is 0.192 e. The maximum absolute atomic E-state index is 6.11. The number of hydrogen-bond donors (Lipinski definition) is 0. The van der Waals surface area contributed by atoms with E-state index in [0.29, 0.717) is 6.10 Å². The van der Waals surface area contributed by atoms with Crippen molar-refractivity contribution in [3.63, 3.8) is 0 Å². The van der Waals surface area contributed by atoms with Gasteiger partial charge in [0.1, 0.15) is 0 Å². The van der Waals surface area contributed by atoms with Crippen molar-refractivity contribution in [2.45, 2.75) is 57.8 Å². The summed E-state index contributed by atoms with van der Waals surface area (Å²) in [5, 5.41) is 0. The third kappa shape index (κ3) is 2.06. The second-order valence-electron chi connectivity index (χ2n) is 3.71. The van der Waals surface area contributed by atoms with Crippen molar-refractivity contribution in [1.82, 2.24) is 0 Å². The highest BCUT2D eigenvalue weighted by Crippen LogP contribution is 2.31. The highest BCUT2D eigenvalue weighted by molar-refractivity contribution is 6.73. The van der Waals surface area contributed by atoms with Gasteiger partial charge in [-0.2, -0.15) is 0 Å². The molecule has 0 amide bonds. The molecule has 1 unspecified atom stereocenters. The third-order valence-electron chi connectivity index (χ3n) is 2.98. The minimum Gasteiger partial charge on any atom is -0.414 e. The molecule has 66 valence electrons. The summed E-state index contributed by atoms with van der Waals surface area (Å²) in [6, 6.07) is 4.03. The second-order valence-corrected chi connectivity index (χ2v) is 8.23. The molecule has 1 rings (SSSR count). The van der Waals surface area contributed by atoms with Gasteiger partial charge in [0.25, 0.3) is 0 Å². The molecule has 0 saturated carbocycles. The van der Waals surface area contributed by atoms with Crippen molar-refractivity contribution in [2.24, 2.45) is 0 Å². The summed E-state index contributed by atoms with van der Waals surface area (Å²) >= 11 is 0. The molecule has 0 aromatic rings. The molecule has 0 N–H and O–H groups in total. The van der Waals surface area contributed by atoms with Crippen LogP contribution < -0.4 is 0 Å². The van der Waals surface area contributed by atoms with Gasteiger partial charge in [0.15, 0.2) is 8.32 Å². The molecule has 0 spiro atoms. The zero-order valence-electron chi connectivity index (χ0n) is 8.02. The minimum absolute atomic E-state index is 0.551. The first kappa shape index (κ1) is 9.27. The van der Waals surface area contributed by atoms with Crippen molar-refractivity contribution in [1.29, 1.82) is 0 Å². The molecule has 0 aromatic carbocycles. The van der Waals surface area contributed by atoms with E-state index in [9.17, 15) is 0 Å². The molecule has 1 aliphatic rings. The molecule has 1 atom stereocenters. The van der Waals surface area contributed by atoms with Crippen molar-refractivity contribution >= 4 is 8.32 Å². The van der Waals surface area contributed by atoms with E-state index < -0.39 is 8.32 Å². The average Bonchev–Trinajstić information content (AvgIpc) is 2.04. The highest BCUT2D eigenvalue weighted by atomic mass is 28.4. The molecule has 2 heteroatoms. The molecule has 11 heavy (non-hydrogen) atoms. The Morgan fingerprint density at radius 2 is 2.00 bits per heavy atom. The molecule has 0 bridgehead atoms. The van der Waals surface area contributed by atoms with Crippen LogP contribution >= 0.6 is 0 Å². The first-order chi connectivity index (χ1) is 5.22. The number of hydrogen-bond acceptors (Lipinski definition) is 1. The van der Waals surface area contributed by atoms with Crippen LogP contribution in [0.3, 0.4) is 0 Å². The lowest BCUT2D eigenvalue weighted by Gasteiger charge is -2.37. The van der Waals surface area contributed by atoms with Crippen LogP contribution in [-0.4, -0.2) is 14.4 Å². The maximum Gasteiger partial charge on any atom is 0.192 e. The molecule has 1 nitrogen and oxygen atoms in total. The normalized spacial score (nSPS) is 30.3. The van der Waals surface area contributed by atoms with Crippen LogP contribution in [0.25, 0.3) is 0 Å². The lowest BCUT2D eigenvalue weighted by atomic mass is 10.2. The Morgan fingerprint density at radius 1 is 1.36 bits per heavy atom. The van der Waals surface area contributed by atoms with E-state index in [0.717, 1.165) is 0 Å². The third-order valence-corrected chi connectivity index (χ3v) is 7.73. The van der Waals surface area contributed by atoms with Gasteiger partial charge >= 0.3 is 0 Å².